The van der Waals surface area contributed by atoms with Crippen molar-refractivity contribution < 1.29 is 9.59 Å². The SMILES string of the molecule is CC(=O)Nc1cc(CSc2ccccc2C(=O)NCC(C)(C)C)ccn1. The zero-order chi connectivity index (χ0) is 19.2. The molecule has 0 fully saturated rings. The third kappa shape index (κ3) is 6.52. The van der Waals surface area contributed by atoms with Crippen molar-refractivity contribution in [2.45, 2.75) is 38.3 Å². The molecule has 0 aliphatic carbocycles. The molecule has 6 heteroatoms. The van der Waals surface area contributed by atoms with Gasteiger partial charge in [-0.15, -0.1) is 11.8 Å². The van der Waals surface area contributed by atoms with E-state index in [9.17, 15) is 9.59 Å². The van der Waals surface area contributed by atoms with Crippen LogP contribution in [0.4, 0.5) is 5.82 Å². The average molecular weight is 372 g/mol. The zero-order valence-electron chi connectivity index (χ0n) is 15.6. The minimum Gasteiger partial charge on any atom is -0.351 e. The number of rotatable bonds is 6. The van der Waals surface area contributed by atoms with Gasteiger partial charge in [0.25, 0.3) is 5.91 Å². The van der Waals surface area contributed by atoms with Crippen LogP contribution in [0.25, 0.3) is 0 Å². The summed E-state index contributed by atoms with van der Waals surface area (Å²) in [5, 5.41) is 5.68. The van der Waals surface area contributed by atoms with E-state index in [4.69, 9.17) is 0 Å². The van der Waals surface area contributed by atoms with Crippen molar-refractivity contribution in [2.75, 3.05) is 11.9 Å². The quantitative estimate of drug-likeness (QED) is 0.750. The van der Waals surface area contributed by atoms with Crippen LogP contribution >= 0.6 is 11.8 Å². The first-order valence-corrected chi connectivity index (χ1v) is 9.46. The van der Waals surface area contributed by atoms with Gasteiger partial charge in [0.15, 0.2) is 0 Å². The van der Waals surface area contributed by atoms with Gasteiger partial charge < -0.3 is 10.6 Å². The highest BCUT2D eigenvalue weighted by atomic mass is 32.2. The molecule has 1 heterocycles. The molecule has 0 saturated carbocycles. The summed E-state index contributed by atoms with van der Waals surface area (Å²) in [5.74, 6) is 1.00. The number of carbonyl (C=O) groups is 2. The summed E-state index contributed by atoms with van der Waals surface area (Å²) >= 11 is 1.59. The summed E-state index contributed by atoms with van der Waals surface area (Å²) in [6.07, 6.45) is 1.67. The molecule has 26 heavy (non-hydrogen) atoms. The fourth-order valence-electron chi connectivity index (χ4n) is 2.19. The smallest absolute Gasteiger partial charge is 0.252 e. The van der Waals surface area contributed by atoms with E-state index in [0.717, 1.165) is 10.5 Å². The van der Waals surface area contributed by atoms with E-state index < -0.39 is 0 Å². The number of hydrogen-bond acceptors (Lipinski definition) is 4. The third-order valence-corrected chi connectivity index (χ3v) is 4.58. The van der Waals surface area contributed by atoms with Crippen LogP contribution in [0.5, 0.6) is 0 Å². The highest BCUT2D eigenvalue weighted by molar-refractivity contribution is 7.98. The van der Waals surface area contributed by atoms with Gasteiger partial charge in [-0.3, -0.25) is 9.59 Å². The molecule has 0 aliphatic rings. The molecule has 1 aromatic heterocycles. The van der Waals surface area contributed by atoms with E-state index >= 15 is 0 Å². The van der Waals surface area contributed by atoms with Crippen LogP contribution in [0.1, 0.15) is 43.6 Å². The van der Waals surface area contributed by atoms with Gasteiger partial charge >= 0.3 is 0 Å². The predicted octanol–water partition coefficient (Wildman–Crippen LogP) is 4.11. The molecule has 0 aliphatic heterocycles. The second-order valence-electron chi connectivity index (χ2n) is 7.26. The van der Waals surface area contributed by atoms with E-state index in [-0.39, 0.29) is 17.2 Å². The largest absolute Gasteiger partial charge is 0.351 e. The average Bonchev–Trinajstić information content (AvgIpc) is 2.57. The maximum atomic E-state index is 12.5. The minimum atomic E-state index is -0.150. The lowest BCUT2D eigenvalue weighted by Gasteiger charge is -2.19. The van der Waals surface area contributed by atoms with Crippen LogP contribution in [0.3, 0.4) is 0 Å². The Labute approximate surface area is 159 Å². The molecule has 0 radical (unpaired) electrons. The van der Waals surface area contributed by atoms with Gasteiger partial charge in [-0.2, -0.15) is 0 Å². The van der Waals surface area contributed by atoms with Crippen LogP contribution in [-0.2, 0) is 10.5 Å². The molecule has 0 unspecified atom stereocenters. The van der Waals surface area contributed by atoms with Gasteiger partial charge in [0.1, 0.15) is 5.82 Å². The molecule has 2 aromatic rings. The van der Waals surface area contributed by atoms with Gasteiger partial charge in [-0.1, -0.05) is 32.9 Å². The van der Waals surface area contributed by atoms with Crippen LogP contribution in [-0.4, -0.2) is 23.3 Å². The second kappa shape index (κ2) is 8.85. The molecular formula is C20H25N3O2S. The third-order valence-electron chi connectivity index (χ3n) is 3.43. The van der Waals surface area contributed by atoms with Crippen molar-refractivity contribution in [3.63, 3.8) is 0 Å². The van der Waals surface area contributed by atoms with Crippen LogP contribution in [0.2, 0.25) is 0 Å². The van der Waals surface area contributed by atoms with Crippen molar-refractivity contribution >= 4 is 29.4 Å². The maximum absolute atomic E-state index is 12.5. The Hall–Kier alpha value is -2.34. The van der Waals surface area contributed by atoms with E-state index in [1.165, 1.54) is 6.92 Å². The monoisotopic (exact) mass is 371 g/mol. The van der Waals surface area contributed by atoms with Gasteiger partial charge in [-0.05, 0) is 35.2 Å². The second-order valence-corrected chi connectivity index (χ2v) is 8.28. The first-order valence-electron chi connectivity index (χ1n) is 8.47. The number of pyridine rings is 1. The predicted molar refractivity (Wildman–Crippen MR) is 106 cm³/mol. The summed E-state index contributed by atoms with van der Waals surface area (Å²) in [6, 6.07) is 11.3. The molecule has 2 rings (SSSR count). The Kier molecular flexibility index (Phi) is 6.80. The van der Waals surface area contributed by atoms with Gasteiger partial charge in [0.05, 0.1) is 5.56 Å². The Bertz CT molecular complexity index is 785. The normalized spacial score (nSPS) is 11.1. The lowest BCUT2D eigenvalue weighted by atomic mass is 9.97. The molecular weight excluding hydrogens is 346 g/mol. The van der Waals surface area contributed by atoms with Crippen molar-refractivity contribution in [2.24, 2.45) is 5.41 Å². The number of aromatic nitrogens is 1. The molecule has 1 aromatic carbocycles. The summed E-state index contributed by atoms with van der Waals surface area (Å²) in [7, 11) is 0. The van der Waals surface area contributed by atoms with Gasteiger partial charge in [0, 0.05) is 30.3 Å². The Balaban J connectivity index is 2.06. The first-order chi connectivity index (χ1) is 12.2. The minimum absolute atomic E-state index is 0.0366. The molecule has 0 atom stereocenters. The maximum Gasteiger partial charge on any atom is 0.252 e. The summed E-state index contributed by atoms with van der Waals surface area (Å²) < 4.78 is 0. The van der Waals surface area contributed by atoms with E-state index in [2.05, 4.69) is 36.4 Å². The number of hydrogen-bond donors (Lipinski definition) is 2. The Morgan fingerprint density at radius 3 is 2.58 bits per heavy atom. The molecule has 0 bridgehead atoms. The van der Waals surface area contributed by atoms with Gasteiger partial charge in [0.2, 0.25) is 5.91 Å². The molecule has 0 spiro atoms. The lowest BCUT2D eigenvalue weighted by molar-refractivity contribution is -0.114. The van der Waals surface area contributed by atoms with Gasteiger partial charge in [-0.25, -0.2) is 4.98 Å². The summed E-state index contributed by atoms with van der Waals surface area (Å²) in [4.78, 5) is 28.7. The number of carbonyl (C=O) groups excluding carboxylic acids is 2. The number of benzene rings is 1. The number of nitrogens with one attached hydrogen (secondary N) is 2. The highest BCUT2D eigenvalue weighted by Crippen LogP contribution is 2.27. The van der Waals surface area contributed by atoms with Crippen molar-refractivity contribution in [3.8, 4) is 0 Å². The Morgan fingerprint density at radius 1 is 1.15 bits per heavy atom. The molecule has 0 saturated heterocycles. The van der Waals surface area contributed by atoms with E-state index in [1.54, 1.807) is 18.0 Å². The topological polar surface area (TPSA) is 71.1 Å². The number of nitrogens with zero attached hydrogens (tertiary/aromatic N) is 1. The van der Waals surface area contributed by atoms with Crippen LogP contribution < -0.4 is 10.6 Å². The van der Waals surface area contributed by atoms with Crippen LogP contribution in [0, 0.1) is 5.41 Å². The van der Waals surface area contributed by atoms with Crippen LogP contribution in [0.15, 0.2) is 47.5 Å². The zero-order valence-corrected chi connectivity index (χ0v) is 16.4. The molecule has 138 valence electrons. The highest BCUT2D eigenvalue weighted by Gasteiger charge is 2.15. The Morgan fingerprint density at radius 2 is 1.88 bits per heavy atom. The number of amides is 2. The van der Waals surface area contributed by atoms with Crippen molar-refractivity contribution in [1.82, 2.24) is 10.3 Å². The molecule has 5 nitrogen and oxygen atoms in total. The summed E-state index contributed by atoms with van der Waals surface area (Å²) in [6.45, 7) is 8.34. The fourth-order valence-corrected chi connectivity index (χ4v) is 3.19. The molecule has 2 amide bonds. The summed E-state index contributed by atoms with van der Waals surface area (Å²) in [5.41, 5.74) is 1.74. The standard InChI is InChI=1S/C20H25N3O2S/c1-14(24)23-18-11-15(9-10-21-18)12-26-17-8-6-5-7-16(17)19(25)22-13-20(2,3)4/h5-11H,12-13H2,1-4H3,(H,22,25)(H,21,23,24). The van der Waals surface area contributed by atoms with Crippen molar-refractivity contribution in [1.29, 1.82) is 0 Å². The van der Waals surface area contributed by atoms with Crippen molar-refractivity contribution in [3.05, 3.63) is 53.7 Å². The van der Waals surface area contributed by atoms with E-state index in [1.807, 2.05) is 36.4 Å². The number of anilines is 1. The lowest BCUT2D eigenvalue weighted by Crippen LogP contribution is -2.32. The first kappa shape index (κ1) is 20.0. The van der Waals surface area contributed by atoms with E-state index in [0.29, 0.717) is 23.7 Å². The number of thioether (sulfide) groups is 1. The fraction of sp³-hybridized carbons (Fsp3) is 0.350. The molecule has 2 N–H and O–H groups in total.